The van der Waals surface area contributed by atoms with Crippen LogP contribution in [0, 0.1) is 6.92 Å². The molecule has 0 aliphatic heterocycles. The number of thiophene rings is 1. The second-order valence-electron chi connectivity index (χ2n) is 4.75. The fraction of sp³-hybridized carbons (Fsp3) is 0.133. The van der Waals surface area contributed by atoms with Gasteiger partial charge in [0, 0.05) is 23.8 Å². The number of rotatable bonds is 4. The Labute approximate surface area is 130 Å². The average molecular weight is 315 g/mol. The molecule has 3 aromatic heterocycles. The first-order chi connectivity index (χ1) is 10.6. The summed E-state index contributed by atoms with van der Waals surface area (Å²) < 4.78 is 5.67. The SMILES string of the molecule is Cc1cc(OCc2ccncc2)nc2sc(C(=O)O)c(N)c12. The zero-order valence-corrected chi connectivity index (χ0v) is 12.6. The van der Waals surface area contributed by atoms with E-state index in [0.717, 1.165) is 22.5 Å². The number of hydrogen-bond donors (Lipinski definition) is 2. The number of fused-ring (bicyclic) bond motifs is 1. The number of pyridine rings is 2. The molecule has 0 unspecified atom stereocenters. The number of nitrogen functional groups attached to an aromatic ring is 1. The number of carbonyl (C=O) groups is 1. The van der Waals surface area contributed by atoms with Gasteiger partial charge >= 0.3 is 5.97 Å². The standard InChI is InChI=1S/C15H13N3O3S/c1-8-6-10(21-7-9-2-4-17-5-3-9)18-14-11(8)12(16)13(22-14)15(19)20/h2-6H,7,16H2,1H3,(H,19,20). The predicted octanol–water partition coefficient (Wildman–Crippen LogP) is 2.86. The lowest BCUT2D eigenvalue weighted by Gasteiger charge is -2.07. The van der Waals surface area contributed by atoms with Gasteiger partial charge in [-0.3, -0.25) is 4.98 Å². The van der Waals surface area contributed by atoms with Gasteiger partial charge in [-0.15, -0.1) is 11.3 Å². The Hall–Kier alpha value is -2.67. The van der Waals surface area contributed by atoms with Crippen LogP contribution in [0.1, 0.15) is 20.8 Å². The van der Waals surface area contributed by atoms with Gasteiger partial charge in [0.15, 0.2) is 0 Å². The molecule has 0 aliphatic rings. The van der Waals surface area contributed by atoms with Crippen molar-refractivity contribution < 1.29 is 14.6 Å². The Kier molecular flexibility index (Phi) is 3.64. The summed E-state index contributed by atoms with van der Waals surface area (Å²) in [5, 5.41) is 9.82. The molecule has 6 nitrogen and oxygen atoms in total. The Morgan fingerprint density at radius 1 is 1.41 bits per heavy atom. The van der Waals surface area contributed by atoms with E-state index in [1.807, 2.05) is 19.1 Å². The highest BCUT2D eigenvalue weighted by Gasteiger charge is 2.18. The largest absolute Gasteiger partial charge is 0.477 e. The van der Waals surface area contributed by atoms with Gasteiger partial charge in [-0.05, 0) is 30.2 Å². The number of aromatic carboxylic acids is 1. The molecule has 7 heteroatoms. The van der Waals surface area contributed by atoms with Crippen molar-refractivity contribution in [2.24, 2.45) is 0 Å². The molecule has 22 heavy (non-hydrogen) atoms. The van der Waals surface area contributed by atoms with Crippen molar-refractivity contribution in [2.45, 2.75) is 13.5 Å². The van der Waals surface area contributed by atoms with E-state index in [4.69, 9.17) is 15.6 Å². The molecule has 3 rings (SSSR count). The van der Waals surface area contributed by atoms with Crippen LogP contribution in [0.2, 0.25) is 0 Å². The molecule has 0 saturated carbocycles. The fourth-order valence-electron chi connectivity index (χ4n) is 2.15. The molecule has 3 N–H and O–H groups in total. The third-order valence-corrected chi connectivity index (χ3v) is 4.29. The van der Waals surface area contributed by atoms with E-state index < -0.39 is 5.97 Å². The minimum Gasteiger partial charge on any atom is -0.477 e. The number of aryl methyl sites for hydroxylation is 1. The third kappa shape index (κ3) is 2.58. The van der Waals surface area contributed by atoms with Gasteiger partial charge in [0.1, 0.15) is 16.3 Å². The van der Waals surface area contributed by atoms with Crippen LogP contribution in [0.25, 0.3) is 10.2 Å². The molecule has 0 aliphatic carbocycles. The summed E-state index contributed by atoms with van der Waals surface area (Å²) in [6.45, 7) is 2.23. The van der Waals surface area contributed by atoms with Crippen molar-refractivity contribution in [3.63, 3.8) is 0 Å². The highest BCUT2D eigenvalue weighted by molar-refractivity contribution is 7.21. The van der Waals surface area contributed by atoms with E-state index in [9.17, 15) is 4.79 Å². The summed E-state index contributed by atoms with van der Waals surface area (Å²) in [7, 11) is 0. The maximum absolute atomic E-state index is 11.2. The van der Waals surface area contributed by atoms with Crippen LogP contribution in [0.4, 0.5) is 5.69 Å². The van der Waals surface area contributed by atoms with E-state index in [1.54, 1.807) is 18.5 Å². The van der Waals surface area contributed by atoms with E-state index in [1.165, 1.54) is 0 Å². The van der Waals surface area contributed by atoms with Gasteiger partial charge in [0.2, 0.25) is 5.88 Å². The lowest BCUT2D eigenvalue weighted by Crippen LogP contribution is -1.99. The smallest absolute Gasteiger partial charge is 0.348 e. The van der Waals surface area contributed by atoms with Crippen LogP contribution in [0.15, 0.2) is 30.6 Å². The third-order valence-electron chi connectivity index (χ3n) is 3.20. The maximum Gasteiger partial charge on any atom is 0.348 e. The van der Waals surface area contributed by atoms with Crippen molar-refractivity contribution in [1.82, 2.24) is 9.97 Å². The zero-order valence-electron chi connectivity index (χ0n) is 11.7. The highest BCUT2D eigenvalue weighted by Crippen LogP contribution is 2.36. The number of nitrogens with zero attached hydrogens (tertiary/aromatic N) is 2. The quantitative estimate of drug-likeness (QED) is 0.768. The second kappa shape index (κ2) is 5.61. The van der Waals surface area contributed by atoms with Crippen LogP contribution in [0.3, 0.4) is 0 Å². The van der Waals surface area contributed by atoms with Crippen molar-refractivity contribution in [2.75, 3.05) is 5.73 Å². The normalized spacial score (nSPS) is 10.8. The number of nitrogens with two attached hydrogens (primary N) is 1. The number of anilines is 1. The van der Waals surface area contributed by atoms with Gasteiger partial charge in [0.05, 0.1) is 5.69 Å². The van der Waals surface area contributed by atoms with Crippen LogP contribution in [0.5, 0.6) is 5.88 Å². The first kappa shape index (κ1) is 14.3. The van der Waals surface area contributed by atoms with Gasteiger partial charge in [-0.25, -0.2) is 9.78 Å². The van der Waals surface area contributed by atoms with E-state index in [0.29, 0.717) is 22.7 Å². The maximum atomic E-state index is 11.2. The van der Waals surface area contributed by atoms with Crippen LogP contribution in [-0.4, -0.2) is 21.0 Å². The summed E-state index contributed by atoms with van der Waals surface area (Å²) in [5.74, 6) is -0.598. The first-order valence-corrected chi connectivity index (χ1v) is 7.32. The average Bonchev–Trinajstić information content (AvgIpc) is 2.84. The Balaban J connectivity index is 1.93. The lowest BCUT2D eigenvalue weighted by atomic mass is 10.1. The van der Waals surface area contributed by atoms with Crippen LogP contribution in [-0.2, 0) is 6.61 Å². The highest BCUT2D eigenvalue weighted by atomic mass is 32.1. The van der Waals surface area contributed by atoms with Gasteiger partial charge in [0.25, 0.3) is 0 Å². The molecule has 0 fully saturated rings. The molecule has 3 aromatic rings. The predicted molar refractivity (Wildman–Crippen MR) is 84.3 cm³/mol. The Morgan fingerprint density at radius 2 is 2.14 bits per heavy atom. The topological polar surface area (TPSA) is 98.3 Å². The Morgan fingerprint density at radius 3 is 2.82 bits per heavy atom. The van der Waals surface area contributed by atoms with Crippen LogP contribution >= 0.6 is 11.3 Å². The zero-order chi connectivity index (χ0) is 15.7. The minimum absolute atomic E-state index is 0.108. The van der Waals surface area contributed by atoms with Gasteiger partial charge in [-0.1, -0.05) is 0 Å². The molecular formula is C15H13N3O3S. The van der Waals surface area contributed by atoms with E-state index >= 15 is 0 Å². The number of carboxylic acids is 1. The number of ether oxygens (including phenoxy) is 1. The van der Waals surface area contributed by atoms with Crippen molar-refractivity contribution >= 4 is 33.2 Å². The van der Waals surface area contributed by atoms with Gasteiger partial charge < -0.3 is 15.6 Å². The molecule has 0 atom stereocenters. The summed E-state index contributed by atoms with van der Waals surface area (Å²) in [4.78, 5) is 20.1. The monoisotopic (exact) mass is 315 g/mol. The summed E-state index contributed by atoms with van der Waals surface area (Å²) >= 11 is 1.06. The lowest BCUT2D eigenvalue weighted by molar-refractivity contribution is 0.0703. The molecule has 0 spiro atoms. The molecule has 0 saturated heterocycles. The molecular weight excluding hydrogens is 302 g/mol. The number of carboxylic acid groups (broad SMARTS) is 1. The van der Waals surface area contributed by atoms with Crippen molar-refractivity contribution in [3.8, 4) is 5.88 Å². The fourth-order valence-corrected chi connectivity index (χ4v) is 3.15. The number of aromatic nitrogens is 2. The van der Waals surface area contributed by atoms with E-state index in [-0.39, 0.29) is 10.6 Å². The number of hydrogen-bond acceptors (Lipinski definition) is 6. The molecule has 0 bridgehead atoms. The molecule has 3 heterocycles. The summed E-state index contributed by atoms with van der Waals surface area (Å²) in [6, 6.07) is 5.48. The first-order valence-electron chi connectivity index (χ1n) is 6.51. The molecule has 0 aromatic carbocycles. The Bertz CT molecular complexity index is 846. The van der Waals surface area contributed by atoms with Crippen LogP contribution < -0.4 is 10.5 Å². The van der Waals surface area contributed by atoms with E-state index in [2.05, 4.69) is 9.97 Å². The summed E-state index contributed by atoms with van der Waals surface area (Å²) in [6.07, 6.45) is 3.39. The van der Waals surface area contributed by atoms with Crippen molar-refractivity contribution in [3.05, 3.63) is 46.6 Å². The van der Waals surface area contributed by atoms with Gasteiger partial charge in [-0.2, -0.15) is 0 Å². The van der Waals surface area contributed by atoms with Crippen molar-refractivity contribution in [1.29, 1.82) is 0 Å². The second-order valence-corrected chi connectivity index (χ2v) is 5.75. The minimum atomic E-state index is -1.04. The molecule has 0 amide bonds. The summed E-state index contributed by atoms with van der Waals surface area (Å²) in [5.41, 5.74) is 7.98. The molecule has 0 radical (unpaired) electrons. The molecule has 112 valence electrons.